The molecule has 0 saturated carbocycles. The Morgan fingerprint density at radius 2 is 1.54 bits per heavy atom. The van der Waals surface area contributed by atoms with Crippen molar-refractivity contribution in [3.05, 3.63) is 24.3 Å². The molecule has 1 aromatic rings. The van der Waals surface area contributed by atoms with Crippen LogP contribution in [0.1, 0.15) is 12.8 Å². The molecule has 3 heteroatoms. The van der Waals surface area contributed by atoms with Crippen LogP contribution in [0.15, 0.2) is 24.3 Å². The van der Waals surface area contributed by atoms with Gasteiger partial charge < -0.3 is 4.90 Å². The third-order valence-corrected chi connectivity index (χ3v) is 2.75. The summed E-state index contributed by atoms with van der Waals surface area (Å²) in [7, 11) is 2.71. The first kappa shape index (κ1) is 10.6. The second kappa shape index (κ2) is 4.67. The fraction of sp³-hybridized carbons (Fsp3) is 0.400. The highest BCUT2D eigenvalue weighted by atomic mass is 31.0. The number of nitrogens with zero attached hydrogens (tertiary/aromatic N) is 1. The largest absolute Gasteiger partial charge is 0.372 e. The fourth-order valence-corrected chi connectivity index (χ4v) is 1.85. The molecular formula is C10H17BNP. The molecule has 1 fully saturated rings. The summed E-state index contributed by atoms with van der Waals surface area (Å²) in [4.78, 5) is 2.45. The van der Waals surface area contributed by atoms with Gasteiger partial charge in [0, 0.05) is 18.8 Å². The van der Waals surface area contributed by atoms with Gasteiger partial charge in [-0.2, -0.15) is 0 Å². The number of benzene rings is 1. The highest BCUT2D eigenvalue weighted by molar-refractivity contribution is 7.27. The first-order valence-electron chi connectivity index (χ1n) is 4.47. The molecule has 0 aliphatic carbocycles. The lowest BCUT2D eigenvalue weighted by Crippen LogP contribution is -2.17. The van der Waals surface area contributed by atoms with Crippen molar-refractivity contribution in [1.29, 1.82) is 0 Å². The summed E-state index contributed by atoms with van der Waals surface area (Å²) in [6.07, 6.45) is 2.70. The molecule has 0 N–H and O–H groups in total. The lowest BCUT2D eigenvalue weighted by atomic mass is 10.3. The topological polar surface area (TPSA) is 3.24 Å². The van der Waals surface area contributed by atoms with Gasteiger partial charge in [-0.3, -0.25) is 0 Å². The Kier molecular flexibility index (Phi) is 3.80. The van der Waals surface area contributed by atoms with E-state index in [0.29, 0.717) is 0 Å². The molecule has 1 atom stereocenters. The van der Waals surface area contributed by atoms with Crippen LogP contribution in [0.4, 0.5) is 5.69 Å². The third-order valence-electron chi connectivity index (χ3n) is 2.36. The zero-order valence-electron chi connectivity index (χ0n) is 7.16. The van der Waals surface area contributed by atoms with Crippen molar-refractivity contribution in [2.24, 2.45) is 0 Å². The van der Waals surface area contributed by atoms with Crippen molar-refractivity contribution in [2.75, 3.05) is 18.0 Å². The summed E-state index contributed by atoms with van der Waals surface area (Å²) in [5, 5.41) is 1.26. The smallest absolute Gasteiger partial charge is 0.0814 e. The Bertz CT molecular complexity index is 254. The normalized spacial score (nSPS) is 15.6. The fourth-order valence-electron chi connectivity index (χ4n) is 1.66. The van der Waals surface area contributed by atoms with Gasteiger partial charge in [-0.25, -0.2) is 0 Å². The molecule has 1 aliphatic rings. The van der Waals surface area contributed by atoms with E-state index in [1.54, 1.807) is 0 Å². The zero-order chi connectivity index (χ0) is 8.39. The molecule has 0 bridgehead atoms. The van der Waals surface area contributed by atoms with E-state index in [0.717, 1.165) is 0 Å². The molecule has 0 amide bonds. The van der Waals surface area contributed by atoms with Crippen molar-refractivity contribution in [1.82, 2.24) is 0 Å². The Labute approximate surface area is 84.3 Å². The summed E-state index contributed by atoms with van der Waals surface area (Å²) in [5.74, 6) is 0. The summed E-state index contributed by atoms with van der Waals surface area (Å²) >= 11 is 0. The highest BCUT2D eigenvalue weighted by Gasteiger charge is 2.10. The van der Waals surface area contributed by atoms with Crippen molar-refractivity contribution in [2.45, 2.75) is 12.8 Å². The second-order valence-corrected chi connectivity index (χ2v) is 3.95. The molecular weight excluding hydrogens is 176 g/mol. The highest BCUT2D eigenvalue weighted by Crippen LogP contribution is 2.18. The molecule has 13 heavy (non-hydrogen) atoms. The molecule has 0 aromatic heterocycles. The average molecular weight is 193 g/mol. The van der Waals surface area contributed by atoms with Crippen molar-refractivity contribution < 1.29 is 0 Å². The molecule has 1 aromatic carbocycles. The van der Waals surface area contributed by atoms with E-state index < -0.39 is 0 Å². The molecule has 1 saturated heterocycles. The minimum atomic E-state index is 0. The maximum atomic E-state index is 2.71. The van der Waals surface area contributed by atoms with Crippen LogP contribution in [-0.4, -0.2) is 21.5 Å². The van der Waals surface area contributed by atoms with Gasteiger partial charge in [0.05, 0.1) is 8.41 Å². The summed E-state index contributed by atoms with van der Waals surface area (Å²) < 4.78 is 0. The van der Waals surface area contributed by atoms with Crippen molar-refractivity contribution >= 4 is 28.6 Å². The minimum absolute atomic E-state index is 0. The van der Waals surface area contributed by atoms with Gasteiger partial charge in [-0.15, -0.1) is 9.24 Å². The number of hydrogen-bond donors (Lipinski definition) is 0. The second-order valence-electron chi connectivity index (χ2n) is 3.29. The molecule has 1 unspecified atom stereocenters. The lowest BCUT2D eigenvalue weighted by molar-refractivity contribution is 0.949. The van der Waals surface area contributed by atoms with E-state index in [2.05, 4.69) is 38.4 Å². The van der Waals surface area contributed by atoms with Crippen LogP contribution in [0, 0.1) is 0 Å². The van der Waals surface area contributed by atoms with Crippen molar-refractivity contribution in [3.63, 3.8) is 0 Å². The van der Waals surface area contributed by atoms with Gasteiger partial charge in [0.15, 0.2) is 0 Å². The predicted octanol–water partition coefficient (Wildman–Crippen LogP) is 0.603. The number of anilines is 1. The summed E-state index contributed by atoms with van der Waals surface area (Å²) in [6.45, 7) is 2.46. The Hall–Kier alpha value is -0.485. The van der Waals surface area contributed by atoms with Gasteiger partial charge >= 0.3 is 0 Å². The van der Waals surface area contributed by atoms with Gasteiger partial charge in [-0.05, 0) is 30.3 Å². The molecule has 1 heterocycles. The minimum Gasteiger partial charge on any atom is -0.372 e. The van der Waals surface area contributed by atoms with Crippen LogP contribution in [0.25, 0.3) is 0 Å². The molecule has 1 nitrogen and oxygen atoms in total. The lowest BCUT2D eigenvalue weighted by Gasteiger charge is -2.17. The van der Waals surface area contributed by atoms with Crippen LogP contribution in [0.2, 0.25) is 0 Å². The van der Waals surface area contributed by atoms with Gasteiger partial charge in [0.25, 0.3) is 0 Å². The standard InChI is InChI=1S/C10H14NP.BH3/c12-10-5-3-9(4-6-10)11-7-1-2-8-11;/h3-6H,1-2,7-8,12H2;1H3. The van der Waals surface area contributed by atoms with Crippen LogP contribution < -0.4 is 10.2 Å². The Balaban J connectivity index is 0.000000845. The van der Waals surface area contributed by atoms with Crippen LogP contribution in [-0.2, 0) is 0 Å². The zero-order valence-corrected chi connectivity index (χ0v) is 8.32. The van der Waals surface area contributed by atoms with Crippen molar-refractivity contribution in [3.8, 4) is 0 Å². The summed E-state index contributed by atoms with van der Waals surface area (Å²) in [5.41, 5.74) is 1.37. The monoisotopic (exact) mass is 193 g/mol. The first-order valence-corrected chi connectivity index (χ1v) is 5.04. The quantitative estimate of drug-likeness (QED) is 0.466. The molecule has 0 spiro atoms. The Morgan fingerprint density at radius 1 is 1.00 bits per heavy atom. The molecule has 2 rings (SSSR count). The van der Waals surface area contributed by atoms with Crippen LogP contribution in [0.5, 0.6) is 0 Å². The van der Waals surface area contributed by atoms with Crippen LogP contribution >= 0.6 is 9.24 Å². The van der Waals surface area contributed by atoms with E-state index >= 15 is 0 Å². The van der Waals surface area contributed by atoms with E-state index in [1.807, 2.05) is 0 Å². The number of hydrogen-bond acceptors (Lipinski definition) is 1. The van der Waals surface area contributed by atoms with Gasteiger partial charge in [-0.1, -0.05) is 12.1 Å². The van der Waals surface area contributed by atoms with E-state index in [1.165, 1.54) is 36.9 Å². The third kappa shape index (κ3) is 2.48. The maximum Gasteiger partial charge on any atom is 0.0814 e. The van der Waals surface area contributed by atoms with E-state index in [-0.39, 0.29) is 8.41 Å². The molecule has 1 aliphatic heterocycles. The average Bonchev–Trinajstić information content (AvgIpc) is 2.58. The first-order chi connectivity index (χ1) is 5.86. The molecule has 70 valence electrons. The van der Waals surface area contributed by atoms with Gasteiger partial charge in [0.2, 0.25) is 0 Å². The Morgan fingerprint density at radius 3 is 2.08 bits per heavy atom. The molecule has 0 radical (unpaired) electrons. The summed E-state index contributed by atoms with van der Waals surface area (Å²) in [6, 6.07) is 8.71. The predicted molar refractivity (Wildman–Crippen MR) is 67.2 cm³/mol. The SMILES string of the molecule is B.Pc1ccc(N2CCCC2)cc1. The van der Waals surface area contributed by atoms with Gasteiger partial charge in [0.1, 0.15) is 0 Å². The van der Waals surface area contributed by atoms with E-state index in [9.17, 15) is 0 Å². The maximum absolute atomic E-state index is 2.71. The number of rotatable bonds is 1. The van der Waals surface area contributed by atoms with Crippen LogP contribution in [0.3, 0.4) is 0 Å². The van der Waals surface area contributed by atoms with E-state index in [4.69, 9.17) is 0 Å².